The van der Waals surface area contributed by atoms with Crippen molar-refractivity contribution in [2.45, 2.75) is 6.92 Å². The van der Waals surface area contributed by atoms with E-state index in [2.05, 4.69) is 20.9 Å². The van der Waals surface area contributed by atoms with E-state index in [0.29, 0.717) is 5.69 Å². The van der Waals surface area contributed by atoms with Gasteiger partial charge in [-0.25, -0.2) is 4.98 Å². The van der Waals surface area contributed by atoms with Gasteiger partial charge in [-0.1, -0.05) is 40.2 Å². The van der Waals surface area contributed by atoms with E-state index >= 15 is 0 Å². The van der Waals surface area contributed by atoms with Crippen LogP contribution in [0.25, 0.3) is 22.7 Å². The summed E-state index contributed by atoms with van der Waals surface area (Å²) >= 11 is 3.42. The summed E-state index contributed by atoms with van der Waals surface area (Å²) in [6, 6.07) is 15.7. The molecule has 3 nitrogen and oxygen atoms in total. The minimum Gasteiger partial charge on any atom is -0.308 e. The fourth-order valence-electron chi connectivity index (χ4n) is 2.40. The number of aromatic nitrogens is 2. The predicted molar refractivity (Wildman–Crippen MR) is 94.7 cm³/mol. The fraction of sp³-hybridized carbons (Fsp3) is 0.111. The van der Waals surface area contributed by atoms with Crippen molar-refractivity contribution in [2.75, 3.05) is 0 Å². The number of allylic oxidation sites excluding steroid dienone is 1. The van der Waals surface area contributed by atoms with Crippen molar-refractivity contribution in [1.82, 2.24) is 9.55 Å². The molecule has 2 aromatic carbocycles. The van der Waals surface area contributed by atoms with E-state index in [1.165, 1.54) is 0 Å². The molecule has 0 atom stereocenters. The zero-order valence-corrected chi connectivity index (χ0v) is 14.0. The zero-order chi connectivity index (χ0) is 15.7. The molecular weight excluding hydrogens is 340 g/mol. The summed E-state index contributed by atoms with van der Waals surface area (Å²) < 4.78 is 2.67. The zero-order valence-electron chi connectivity index (χ0n) is 12.4. The van der Waals surface area contributed by atoms with Crippen LogP contribution in [-0.4, -0.2) is 9.55 Å². The van der Waals surface area contributed by atoms with Gasteiger partial charge in [0.15, 0.2) is 0 Å². The third kappa shape index (κ3) is 2.74. The van der Waals surface area contributed by atoms with Crippen molar-refractivity contribution in [2.24, 2.45) is 7.05 Å². The Morgan fingerprint density at radius 3 is 2.55 bits per heavy atom. The topological polar surface area (TPSA) is 34.9 Å². The molecule has 4 heteroatoms. The molecular formula is C18H15BrN2O. The van der Waals surface area contributed by atoms with Crippen molar-refractivity contribution in [3.63, 3.8) is 0 Å². The molecule has 0 N–H and O–H groups in total. The van der Waals surface area contributed by atoms with E-state index in [9.17, 15) is 4.79 Å². The molecule has 0 aliphatic rings. The lowest BCUT2D eigenvalue weighted by Crippen LogP contribution is -2.21. The molecule has 22 heavy (non-hydrogen) atoms. The van der Waals surface area contributed by atoms with Gasteiger partial charge in [0.2, 0.25) is 0 Å². The molecule has 0 amide bonds. The molecule has 110 valence electrons. The maximum atomic E-state index is 12.5. The lowest BCUT2D eigenvalue weighted by Gasteiger charge is -2.07. The first kappa shape index (κ1) is 14.7. The van der Waals surface area contributed by atoms with E-state index in [0.717, 1.165) is 26.6 Å². The van der Waals surface area contributed by atoms with Gasteiger partial charge in [0.05, 0.1) is 11.0 Å². The summed E-state index contributed by atoms with van der Waals surface area (Å²) in [6.45, 7) is 1.99. The molecule has 0 aliphatic carbocycles. The summed E-state index contributed by atoms with van der Waals surface area (Å²) in [5, 5.41) is 0. The maximum Gasteiger partial charge on any atom is 0.276 e. The normalized spacial score (nSPS) is 11.9. The number of nitrogens with zero attached hydrogens (tertiary/aromatic N) is 2. The van der Waals surface area contributed by atoms with Crippen LogP contribution in [0.15, 0.2) is 57.8 Å². The Morgan fingerprint density at radius 1 is 1.14 bits per heavy atom. The first-order valence-corrected chi connectivity index (χ1v) is 7.75. The van der Waals surface area contributed by atoms with E-state index in [1.807, 2.05) is 61.5 Å². The summed E-state index contributed by atoms with van der Waals surface area (Å²) in [6.07, 6.45) is 1.85. The highest BCUT2D eigenvalue weighted by Crippen LogP contribution is 2.19. The third-order valence-electron chi connectivity index (χ3n) is 3.66. The van der Waals surface area contributed by atoms with Crippen LogP contribution in [0.2, 0.25) is 0 Å². The van der Waals surface area contributed by atoms with Gasteiger partial charge in [0.25, 0.3) is 5.56 Å². The van der Waals surface area contributed by atoms with Gasteiger partial charge in [-0.15, -0.1) is 0 Å². The largest absolute Gasteiger partial charge is 0.308 e. The Morgan fingerprint density at radius 2 is 1.82 bits per heavy atom. The van der Waals surface area contributed by atoms with Crippen LogP contribution in [-0.2, 0) is 7.05 Å². The van der Waals surface area contributed by atoms with Gasteiger partial charge in [-0.3, -0.25) is 4.79 Å². The highest BCUT2D eigenvalue weighted by atomic mass is 79.9. The summed E-state index contributed by atoms with van der Waals surface area (Å²) in [4.78, 5) is 17.0. The average Bonchev–Trinajstić information content (AvgIpc) is 2.53. The quantitative estimate of drug-likeness (QED) is 0.689. The number of hydrogen-bond acceptors (Lipinski definition) is 2. The van der Waals surface area contributed by atoms with Crippen molar-refractivity contribution in [3.05, 3.63) is 74.6 Å². The Hall–Kier alpha value is -2.20. The van der Waals surface area contributed by atoms with E-state index in [1.54, 1.807) is 11.6 Å². The number of aryl methyl sites for hydroxylation is 1. The summed E-state index contributed by atoms with van der Waals surface area (Å²) in [5.41, 5.74) is 4.11. The van der Waals surface area contributed by atoms with Crippen molar-refractivity contribution >= 4 is 38.6 Å². The van der Waals surface area contributed by atoms with Gasteiger partial charge in [0, 0.05) is 11.5 Å². The number of hydrogen-bond donors (Lipinski definition) is 0. The Kier molecular flexibility index (Phi) is 3.94. The first-order valence-electron chi connectivity index (χ1n) is 6.96. The third-order valence-corrected chi connectivity index (χ3v) is 4.19. The highest BCUT2D eigenvalue weighted by molar-refractivity contribution is 9.10. The lowest BCUT2D eigenvalue weighted by atomic mass is 10.1. The Bertz CT molecular complexity index is 924. The van der Waals surface area contributed by atoms with Crippen LogP contribution in [0.5, 0.6) is 0 Å². The van der Waals surface area contributed by atoms with E-state index < -0.39 is 0 Å². The molecule has 0 saturated heterocycles. The van der Waals surface area contributed by atoms with Gasteiger partial charge in [-0.2, -0.15) is 0 Å². The minimum absolute atomic E-state index is 0.0878. The molecule has 1 aromatic heterocycles. The second-order valence-corrected chi connectivity index (χ2v) is 6.10. The van der Waals surface area contributed by atoms with Gasteiger partial charge < -0.3 is 4.57 Å². The van der Waals surface area contributed by atoms with Crippen LogP contribution in [0.1, 0.15) is 18.2 Å². The van der Waals surface area contributed by atoms with Crippen molar-refractivity contribution in [1.29, 1.82) is 0 Å². The van der Waals surface area contributed by atoms with Gasteiger partial charge in [-0.05, 0) is 48.4 Å². The fourth-order valence-corrected chi connectivity index (χ4v) is 2.66. The lowest BCUT2D eigenvalue weighted by molar-refractivity contribution is 0.886. The van der Waals surface area contributed by atoms with Crippen molar-refractivity contribution in [3.8, 4) is 0 Å². The van der Waals surface area contributed by atoms with Crippen molar-refractivity contribution < 1.29 is 0 Å². The first-order chi connectivity index (χ1) is 10.6. The van der Waals surface area contributed by atoms with Crippen LogP contribution in [0, 0.1) is 0 Å². The van der Waals surface area contributed by atoms with Gasteiger partial charge >= 0.3 is 0 Å². The molecule has 3 rings (SSSR count). The van der Waals surface area contributed by atoms with Crippen LogP contribution >= 0.6 is 15.9 Å². The molecule has 0 spiro atoms. The molecule has 0 aliphatic heterocycles. The van der Waals surface area contributed by atoms with Crippen LogP contribution in [0.3, 0.4) is 0 Å². The molecule has 3 aromatic rings. The molecule has 1 heterocycles. The second-order valence-electron chi connectivity index (χ2n) is 5.18. The predicted octanol–water partition coefficient (Wildman–Crippen LogP) is 4.26. The average molecular weight is 355 g/mol. The van der Waals surface area contributed by atoms with E-state index in [4.69, 9.17) is 0 Å². The number of halogens is 1. The smallest absolute Gasteiger partial charge is 0.276 e. The van der Waals surface area contributed by atoms with Crippen LogP contribution < -0.4 is 5.56 Å². The Balaban J connectivity index is 2.14. The summed E-state index contributed by atoms with van der Waals surface area (Å²) in [7, 11) is 1.78. The molecule has 0 unspecified atom stereocenters. The number of fused-ring (bicyclic) bond motifs is 1. The standard InChI is InChI=1S/C18H15BrN2O/c1-12(13-7-9-14(19)10-8-13)11-16-18(22)21(2)17-6-4-3-5-15(17)20-16/h3-11H,1-2H3/b12-11+. The minimum atomic E-state index is -0.0878. The van der Waals surface area contributed by atoms with Gasteiger partial charge in [0.1, 0.15) is 5.69 Å². The monoisotopic (exact) mass is 354 g/mol. The second kappa shape index (κ2) is 5.89. The number of rotatable bonds is 2. The molecule has 0 bridgehead atoms. The molecule has 0 fully saturated rings. The van der Waals surface area contributed by atoms with Crippen LogP contribution in [0.4, 0.5) is 0 Å². The van der Waals surface area contributed by atoms with E-state index in [-0.39, 0.29) is 5.56 Å². The summed E-state index contributed by atoms with van der Waals surface area (Å²) in [5.74, 6) is 0. The number of benzene rings is 2. The molecule has 0 radical (unpaired) electrons. The molecule has 0 saturated carbocycles. The Labute approximate surface area is 137 Å². The highest BCUT2D eigenvalue weighted by Gasteiger charge is 2.07. The maximum absolute atomic E-state index is 12.5. The number of para-hydroxylation sites is 2. The SMILES string of the molecule is C/C(=C\c1nc2ccccc2n(C)c1=O)c1ccc(Br)cc1.